The third-order valence-corrected chi connectivity index (χ3v) is 8.88. The van der Waals surface area contributed by atoms with Crippen LogP contribution in [0.25, 0.3) is 0 Å². The van der Waals surface area contributed by atoms with Gasteiger partial charge in [-0.15, -0.1) is 0 Å². The zero-order valence-corrected chi connectivity index (χ0v) is 33.0. The summed E-state index contributed by atoms with van der Waals surface area (Å²) in [4.78, 5) is 0. The van der Waals surface area contributed by atoms with Crippen LogP contribution < -0.4 is 21.3 Å². The molecular formula is C46H68N4O4. The van der Waals surface area contributed by atoms with E-state index in [4.69, 9.17) is 9.47 Å². The Morgan fingerprint density at radius 3 is 1.28 bits per heavy atom. The van der Waals surface area contributed by atoms with Crippen molar-refractivity contribution in [1.82, 2.24) is 0 Å². The van der Waals surface area contributed by atoms with Crippen LogP contribution >= 0.6 is 0 Å². The van der Waals surface area contributed by atoms with Crippen LogP contribution in [0, 0.1) is 0 Å². The second-order valence-corrected chi connectivity index (χ2v) is 13.9. The van der Waals surface area contributed by atoms with Crippen molar-refractivity contribution in [2.75, 3.05) is 60.8 Å². The van der Waals surface area contributed by atoms with Crippen LogP contribution in [0.3, 0.4) is 0 Å². The maximum atomic E-state index is 10.5. The summed E-state index contributed by atoms with van der Waals surface area (Å²) in [5.74, 6) is 0. The normalized spacial score (nSPS) is 11.9. The lowest BCUT2D eigenvalue weighted by Gasteiger charge is -2.20. The summed E-state index contributed by atoms with van der Waals surface area (Å²) in [6.07, 6.45) is 13.4. The van der Waals surface area contributed by atoms with Crippen molar-refractivity contribution >= 4 is 34.1 Å². The van der Waals surface area contributed by atoms with E-state index >= 15 is 0 Å². The van der Waals surface area contributed by atoms with Crippen LogP contribution in [0.1, 0.15) is 90.9 Å². The van der Waals surface area contributed by atoms with Gasteiger partial charge >= 0.3 is 0 Å². The second kappa shape index (κ2) is 29.3. The monoisotopic (exact) mass is 741 g/mol. The molecule has 0 radical (unpaired) electrons. The molecule has 4 aromatic carbocycles. The summed E-state index contributed by atoms with van der Waals surface area (Å²) in [5, 5.41) is 34.4. The van der Waals surface area contributed by atoms with Gasteiger partial charge in [0.2, 0.25) is 0 Å². The smallest absolute Gasteiger partial charge is 0.0945 e. The molecule has 0 aromatic heterocycles. The second-order valence-electron chi connectivity index (χ2n) is 13.9. The predicted molar refractivity (Wildman–Crippen MR) is 230 cm³/mol. The Morgan fingerprint density at radius 2 is 0.833 bits per heavy atom. The van der Waals surface area contributed by atoms with E-state index in [1.807, 2.05) is 109 Å². The number of aliphatic hydroxyl groups excluding tert-OH is 2. The molecule has 0 spiro atoms. The molecule has 0 saturated heterocycles. The van der Waals surface area contributed by atoms with E-state index in [9.17, 15) is 10.2 Å². The first-order chi connectivity index (χ1) is 26.6. The minimum absolute atomic E-state index is 0.307. The Hall–Kier alpha value is -4.08. The lowest BCUT2D eigenvalue weighted by Crippen LogP contribution is -2.27. The highest BCUT2D eigenvalue weighted by molar-refractivity contribution is 5.76. The third-order valence-electron chi connectivity index (χ3n) is 8.88. The fourth-order valence-corrected chi connectivity index (χ4v) is 5.80. The minimum Gasteiger partial charge on any atom is -0.389 e. The number of aliphatic hydroxyl groups is 2. The summed E-state index contributed by atoms with van der Waals surface area (Å²) in [5.41, 5.74) is 5.88. The van der Waals surface area contributed by atoms with Gasteiger partial charge in [0.1, 0.15) is 0 Å². The number of rotatable bonds is 28. The van der Waals surface area contributed by atoms with Gasteiger partial charge in [0.15, 0.2) is 0 Å². The molecule has 0 amide bonds. The molecule has 8 heteroatoms. The summed E-state index contributed by atoms with van der Waals surface area (Å²) in [6, 6.07) is 36.3. The fourth-order valence-electron chi connectivity index (χ4n) is 5.80. The molecule has 6 N–H and O–H groups in total. The van der Waals surface area contributed by atoms with E-state index in [2.05, 4.69) is 35.1 Å². The van der Waals surface area contributed by atoms with Crippen LogP contribution in [-0.2, 0) is 9.47 Å². The molecule has 296 valence electrons. The average molecular weight is 741 g/mol. The number of benzene rings is 4. The summed E-state index contributed by atoms with van der Waals surface area (Å²) in [6.45, 7) is 7.19. The fraction of sp³-hybridized carbons (Fsp3) is 0.478. The Morgan fingerprint density at radius 1 is 0.444 bits per heavy atom. The largest absolute Gasteiger partial charge is 0.389 e. The van der Waals surface area contributed by atoms with Crippen molar-refractivity contribution in [3.8, 4) is 0 Å². The van der Waals surface area contributed by atoms with Crippen LogP contribution in [-0.4, -0.2) is 61.9 Å². The van der Waals surface area contributed by atoms with Gasteiger partial charge in [0.05, 0.1) is 36.8 Å². The molecular weight excluding hydrogens is 673 g/mol. The first-order valence-corrected chi connectivity index (χ1v) is 20.4. The Labute approximate surface area is 326 Å². The molecule has 0 heterocycles. The number of anilines is 6. The first kappa shape index (κ1) is 44.3. The highest BCUT2D eigenvalue weighted by Crippen LogP contribution is 2.28. The average Bonchev–Trinajstić information content (AvgIpc) is 3.20. The number of hydrogen-bond acceptors (Lipinski definition) is 8. The number of nitrogens with one attached hydrogen (secondary N) is 4. The zero-order valence-electron chi connectivity index (χ0n) is 33.0. The van der Waals surface area contributed by atoms with Crippen LogP contribution in [0.15, 0.2) is 109 Å². The lowest BCUT2D eigenvalue weighted by atomic mass is 10.1. The molecule has 4 aromatic rings. The van der Waals surface area contributed by atoms with Gasteiger partial charge in [-0.25, -0.2) is 0 Å². The Bertz CT molecular complexity index is 1410. The molecule has 0 saturated carbocycles. The summed E-state index contributed by atoms with van der Waals surface area (Å²) >= 11 is 0. The molecule has 0 fully saturated rings. The standard InChI is InChI=1S/C34H57N3O4.C12H11N/c1-3-5-7-9-11-16-22-40-27-31(38)25-35-33-21-20-30(37-29-18-14-13-15-19-29)24-34(33)36-26-32(39)28-41-23-17-12-10-8-6-4-2;1-3-7-11(8-4-1)13-12-9-5-2-6-10-12/h13-15,18-21,24,31-32,35-39H,3-12,16-17,22-23,25-28H2,1-2H3;1-10,13H. The molecule has 0 aliphatic rings. The molecule has 2 atom stereocenters. The summed E-state index contributed by atoms with van der Waals surface area (Å²) in [7, 11) is 0. The number of hydrogen-bond donors (Lipinski definition) is 6. The van der Waals surface area contributed by atoms with Crippen LogP contribution in [0.4, 0.5) is 34.1 Å². The SMILES string of the molecule is CCCCCCCCOCC(O)CNc1ccc(Nc2ccccc2)cc1NCC(O)COCCCCCCCC.c1ccc(Nc2ccccc2)cc1. The van der Waals surface area contributed by atoms with Gasteiger partial charge in [-0.05, 0) is 67.4 Å². The maximum absolute atomic E-state index is 10.5. The Kier molecular flexibility index (Phi) is 24.0. The van der Waals surface area contributed by atoms with E-state index in [-0.39, 0.29) is 0 Å². The van der Waals surface area contributed by atoms with Crippen molar-refractivity contribution in [2.45, 2.75) is 103 Å². The van der Waals surface area contributed by atoms with E-state index in [0.717, 1.165) is 47.0 Å². The highest BCUT2D eigenvalue weighted by atomic mass is 16.5. The van der Waals surface area contributed by atoms with Crippen LogP contribution in [0.5, 0.6) is 0 Å². The molecule has 2 unspecified atom stereocenters. The van der Waals surface area contributed by atoms with Crippen LogP contribution in [0.2, 0.25) is 0 Å². The first-order valence-electron chi connectivity index (χ1n) is 20.4. The van der Waals surface area contributed by atoms with Crippen molar-refractivity contribution < 1.29 is 19.7 Å². The minimum atomic E-state index is -0.616. The number of ether oxygens (including phenoxy) is 2. The van der Waals surface area contributed by atoms with E-state index in [0.29, 0.717) is 39.5 Å². The zero-order chi connectivity index (χ0) is 38.3. The molecule has 4 rings (SSSR count). The van der Waals surface area contributed by atoms with Gasteiger partial charge in [-0.3, -0.25) is 0 Å². The predicted octanol–water partition coefficient (Wildman–Crippen LogP) is 11.2. The van der Waals surface area contributed by atoms with E-state index in [1.165, 1.54) is 64.2 Å². The van der Waals surface area contributed by atoms with Crippen molar-refractivity contribution in [3.63, 3.8) is 0 Å². The molecule has 0 bridgehead atoms. The third kappa shape index (κ3) is 21.0. The molecule has 8 nitrogen and oxygen atoms in total. The van der Waals surface area contributed by atoms with Gasteiger partial charge in [0, 0.05) is 49.1 Å². The van der Waals surface area contributed by atoms with Gasteiger partial charge in [0.25, 0.3) is 0 Å². The molecule has 0 aliphatic heterocycles. The van der Waals surface area contributed by atoms with Gasteiger partial charge in [-0.2, -0.15) is 0 Å². The van der Waals surface area contributed by atoms with Crippen molar-refractivity contribution in [2.24, 2.45) is 0 Å². The van der Waals surface area contributed by atoms with Gasteiger partial charge in [-0.1, -0.05) is 133 Å². The van der Waals surface area contributed by atoms with Crippen molar-refractivity contribution in [1.29, 1.82) is 0 Å². The van der Waals surface area contributed by atoms with E-state index in [1.54, 1.807) is 0 Å². The molecule has 54 heavy (non-hydrogen) atoms. The van der Waals surface area contributed by atoms with Crippen molar-refractivity contribution in [3.05, 3.63) is 109 Å². The molecule has 0 aliphatic carbocycles. The van der Waals surface area contributed by atoms with E-state index < -0.39 is 12.2 Å². The maximum Gasteiger partial charge on any atom is 0.0945 e. The van der Waals surface area contributed by atoms with Gasteiger partial charge < -0.3 is 41.0 Å². The highest BCUT2D eigenvalue weighted by Gasteiger charge is 2.11. The summed E-state index contributed by atoms with van der Waals surface area (Å²) < 4.78 is 11.4. The topological polar surface area (TPSA) is 107 Å². The number of para-hydroxylation sites is 3. The Balaban J connectivity index is 0.000000500. The lowest BCUT2D eigenvalue weighted by molar-refractivity contribution is 0.0414. The quantitative estimate of drug-likeness (QED) is 0.0320. The number of unbranched alkanes of at least 4 members (excludes halogenated alkanes) is 10.